The third-order valence-electron chi connectivity index (χ3n) is 4.49. The fourth-order valence-corrected chi connectivity index (χ4v) is 3.17. The lowest BCUT2D eigenvalue weighted by Crippen LogP contribution is -2.44. The average molecular weight is 362 g/mol. The number of nitrogens with one attached hydrogen (secondary N) is 1. The molecule has 8 nitrogen and oxygen atoms in total. The summed E-state index contributed by atoms with van der Waals surface area (Å²) in [4.78, 5) is 37.6. The summed E-state index contributed by atoms with van der Waals surface area (Å²) in [7, 11) is 0. The molecular formula is C18H22N2O6. The summed E-state index contributed by atoms with van der Waals surface area (Å²) >= 11 is 0. The monoisotopic (exact) mass is 362 g/mol. The highest BCUT2D eigenvalue weighted by Crippen LogP contribution is 2.37. The van der Waals surface area contributed by atoms with Crippen molar-refractivity contribution in [2.45, 2.75) is 32.7 Å². The number of carbonyl (C=O) groups is 3. The zero-order chi connectivity index (χ0) is 18.8. The van der Waals surface area contributed by atoms with Crippen molar-refractivity contribution < 1.29 is 29.0 Å². The number of ether oxygens (including phenoxy) is 2. The molecule has 0 spiro atoms. The molecule has 1 aromatic carbocycles. The molecule has 140 valence electrons. The minimum absolute atomic E-state index is 0.0499. The van der Waals surface area contributed by atoms with Gasteiger partial charge in [0.1, 0.15) is 6.04 Å². The van der Waals surface area contributed by atoms with Gasteiger partial charge in [-0.15, -0.1) is 0 Å². The summed E-state index contributed by atoms with van der Waals surface area (Å²) in [5, 5.41) is 11.8. The largest absolute Gasteiger partial charge is 0.480 e. The van der Waals surface area contributed by atoms with Crippen molar-refractivity contribution in [1.29, 1.82) is 0 Å². The predicted octanol–water partition coefficient (Wildman–Crippen LogP) is 1.38. The molecule has 0 aromatic heterocycles. The van der Waals surface area contributed by atoms with Crippen molar-refractivity contribution in [1.82, 2.24) is 5.32 Å². The number of carboxylic acids is 1. The van der Waals surface area contributed by atoms with Gasteiger partial charge in [0.15, 0.2) is 11.5 Å². The van der Waals surface area contributed by atoms with E-state index >= 15 is 0 Å². The predicted molar refractivity (Wildman–Crippen MR) is 92.0 cm³/mol. The molecule has 2 atom stereocenters. The van der Waals surface area contributed by atoms with Crippen molar-refractivity contribution in [3.63, 3.8) is 0 Å². The quantitative estimate of drug-likeness (QED) is 0.792. The second-order valence-corrected chi connectivity index (χ2v) is 6.97. The maximum absolute atomic E-state index is 12.5. The zero-order valence-corrected chi connectivity index (χ0v) is 14.7. The van der Waals surface area contributed by atoms with Crippen LogP contribution >= 0.6 is 0 Å². The van der Waals surface area contributed by atoms with E-state index in [-0.39, 0.29) is 31.6 Å². The molecule has 2 amide bonds. The normalized spacial score (nSPS) is 19.7. The maximum Gasteiger partial charge on any atom is 0.326 e. The molecule has 1 saturated heterocycles. The highest BCUT2D eigenvalue weighted by Gasteiger charge is 2.37. The van der Waals surface area contributed by atoms with Crippen molar-refractivity contribution in [2.75, 3.05) is 18.2 Å². The fourth-order valence-electron chi connectivity index (χ4n) is 3.17. The third kappa shape index (κ3) is 3.74. The summed E-state index contributed by atoms with van der Waals surface area (Å²) < 4.78 is 10.6. The van der Waals surface area contributed by atoms with Gasteiger partial charge in [0.2, 0.25) is 18.6 Å². The van der Waals surface area contributed by atoms with E-state index < -0.39 is 23.8 Å². The Morgan fingerprint density at radius 3 is 2.73 bits per heavy atom. The molecule has 0 bridgehead atoms. The van der Waals surface area contributed by atoms with E-state index in [0.717, 1.165) is 0 Å². The summed E-state index contributed by atoms with van der Waals surface area (Å²) in [6, 6.07) is 4.22. The number of rotatable bonds is 6. The first-order valence-electron chi connectivity index (χ1n) is 8.58. The maximum atomic E-state index is 12.5. The van der Waals surface area contributed by atoms with Crippen LogP contribution in [0.2, 0.25) is 0 Å². The molecule has 0 aliphatic carbocycles. The van der Waals surface area contributed by atoms with E-state index in [1.807, 2.05) is 13.8 Å². The van der Waals surface area contributed by atoms with Crippen LogP contribution in [-0.2, 0) is 14.4 Å². The first-order valence-corrected chi connectivity index (χ1v) is 8.58. The number of nitrogens with zero attached hydrogens (tertiary/aromatic N) is 1. The molecule has 2 unspecified atom stereocenters. The van der Waals surface area contributed by atoms with Crippen LogP contribution in [0.4, 0.5) is 5.69 Å². The van der Waals surface area contributed by atoms with E-state index in [4.69, 9.17) is 9.47 Å². The summed E-state index contributed by atoms with van der Waals surface area (Å²) in [6.07, 6.45) is 0.391. The molecule has 2 aliphatic heterocycles. The van der Waals surface area contributed by atoms with Crippen LogP contribution in [0.3, 0.4) is 0 Å². The first-order chi connectivity index (χ1) is 12.3. The van der Waals surface area contributed by atoms with Crippen LogP contribution in [0.1, 0.15) is 26.7 Å². The van der Waals surface area contributed by atoms with Crippen LogP contribution in [0.25, 0.3) is 0 Å². The Morgan fingerprint density at radius 1 is 1.31 bits per heavy atom. The molecule has 1 aromatic rings. The number of benzene rings is 1. The molecule has 0 radical (unpaired) electrons. The van der Waals surface area contributed by atoms with Crippen LogP contribution in [0.5, 0.6) is 11.5 Å². The molecule has 26 heavy (non-hydrogen) atoms. The number of amides is 2. The van der Waals surface area contributed by atoms with Gasteiger partial charge in [-0.1, -0.05) is 13.8 Å². The van der Waals surface area contributed by atoms with Gasteiger partial charge >= 0.3 is 5.97 Å². The SMILES string of the molecule is CC(C)CC(NC(=O)C1CC(=O)N(c2ccc3c(c2)OCO3)C1)C(=O)O. The second-order valence-electron chi connectivity index (χ2n) is 6.97. The van der Waals surface area contributed by atoms with Gasteiger partial charge in [-0.2, -0.15) is 0 Å². The van der Waals surface area contributed by atoms with E-state index in [2.05, 4.69) is 5.32 Å². The third-order valence-corrected chi connectivity index (χ3v) is 4.49. The lowest BCUT2D eigenvalue weighted by Gasteiger charge is -2.20. The Kier molecular flexibility index (Phi) is 5.01. The Hall–Kier alpha value is -2.77. The Balaban J connectivity index is 1.67. The van der Waals surface area contributed by atoms with E-state index in [1.54, 1.807) is 18.2 Å². The van der Waals surface area contributed by atoms with Crippen molar-refractivity contribution in [2.24, 2.45) is 11.8 Å². The Bertz CT molecular complexity index is 732. The molecule has 0 saturated carbocycles. The van der Waals surface area contributed by atoms with E-state index in [0.29, 0.717) is 23.6 Å². The van der Waals surface area contributed by atoms with Gasteiger partial charge in [0.25, 0.3) is 0 Å². The van der Waals surface area contributed by atoms with Crippen molar-refractivity contribution >= 4 is 23.5 Å². The smallest absolute Gasteiger partial charge is 0.326 e. The zero-order valence-electron chi connectivity index (χ0n) is 14.7. The van der Waals surface area contributed by atoms with Gasteiger partial charge in [-0.05, 0) is 24.5 Å². The van der Waals surface area contributed by atoms with Gasteiger partial charge in [0, 0.05) is 24.7 Å². The summed E-state index contributed by atoms with van der Waals surface area (Å²) in [6.45, 7) is 4.13. The second kappa shape index (κ2) is 7.23. The molecular weight excluding hydrogens is 340 g/mol. The van der Waals surface area contributed by atoms with E-state index in [1.165, 1.54) is 4.90 Å². The van der Waals surface area contributed by atoms with Crippen LogP contribution in [-0.4, -0.2) is 42.3 Å². The number of aliphatic carboxylic acids is 1. The molecule has 8 heteroatoms. The standard InChI is InChI=1S/C18H22N2O6/c1-10(2)5-13(18(23)24)19-17(22)11-6-16(21)20(8-11)12-3-4-14-15(7-12)26-9-25-14/h3-4,7,10-11,13H,5-6,8-9H2,1-2H3,(H,19,22)(H,23,24). The minimum Gasteiger partial charge on any atom is -0.480 e. The number of anilines is 1. The number of hydrogen-bond donors (Lipinski definition) is 2. The Morgan fingerprint density at radius 2 is 2.04 bits per heavy atom. The number of carbonyl (C=O) groups excluding carboxylic acids is 2. The molecule has 2 N–H and O–H groups in total. The molecule has 3 rings (SSSR count). The number of hydrogen-bond acceptors (Lipinski definition) is 5. The van der Waals surface area contributed by atoms with Gasteiger partial charge in [0.05, 0.1) is 5.92 Å². The van der Waals surface area contributed by atoms with Crippen molar-refractivity contribution in [3.8, 4) is 11.5 Å². The number of fused-ring (bicyclic) bond motifs is 1. The van der Waals surface area contributed by atoms with Gasteiger partial charge in [-0.3, -0.25) is 9.59 Å². The average Bonchev–Trinajstić information content (AvgIpc) is 3.19. The van der Waals surface area contributed by atoms with E-state index in [9.17, 15) is 19.5 Å². The van der Waals surface area contributed by atoms with Crippen LogP contribution in [0, 0.1) is 11.8 Å². The first kappa shape index (κ1) is 18.0. The molecule has 2 aliphatic rings. The highest BCUT2D eigenvalue weighted by molar-refractivity contribution is 6.01. The van der Waals surface area contributed by atoms with Crippen molar-refractivity contribution in [3.05, 3.63) is 18.2 Å². The topological polar surface area (TPSA) is 105 Å². The molecule has 1 fully saturated rings. The Labute approximate surface area is 151 Å². The minimum atomic E-state index is -1.07. The summed E-state index contributed by atoms with van der Waals surface area (Å²) in [5.74, 6) is -0.925. The highest BCUT2D eigenvalue weighted by atomic mass is 16.7. The molecule has 2 heterocycles. The van der Waals surface area contributed by atoms with Gasteiger partial charge in [-0.25, -0.2) is 4.79 Å². The van der Waals surface area contributed by atoms with Crippen LogP contribution in [0.15, 0.2) is 18.2 Å². The summed E-state index contributed by atoms with van der Waals surface area (Å²) in [5.41, 5.74) is 0.631. The van der Waals surface area contributed by atoms with Crippen LogP contribution < -0.4 is 19.7 Å². The lowest BCUT2D eigenvalue weighted by atomic mass is 10.0. The fraction of sp³-hybridized carbons (Fsp3) is 0.500. The van der Waals surface area contributed by atoms with Gasteiger partial charge < -0.3 is 24.8 Å². The number of carboxylic acid groups (broad SMARTS) is 1. The lowest BCUT2D eigenvalue weighted by molar-refractivity contribution is -0.142.